The zero-order valence-electron chi connectivity index (χ0n) is 13.1. The average molecular weight is 282 g/mol. The number of hydrogen-bond acceptors (Lipinski definition) is 4. The van der Waals surface area contributed by atoms with Crippen LogP contribution in [0.5, 0.6) is 0 Å². The topological polar surface area (TPSA) is 80.9 Å². The highest BCUT2D eigenvalue weighted by Crippen LogP contribution is 2.25. The molecule has 0 saturated heterocycles. The van der Waals surface area contributed by atoms with E-state index in [9.17, 15) is 4.79 Å². The number of aliphatic carboxylic acids is 1. The monoisotopic (exact) mass is 282 g/mol. The van der Waals surface area contributed by atoms with E-state index in [-0.39, 0.29) is 17.8 Å². The Hall–Kier alpha value is -1.46. The maximum atomic E-state index is 10.7. The molecule has 0 amide bonds. The van der Waals surface area contributed by atoms with E-state index in [1.54, 1.807) is 4.68 Å². The average Bonchev–Trinajstić information content (AvgIpc) is 2.60. The second kappa shape index (κ2) is 6.81. The van der Waals surface area contributed by atoms with Gasteiger partial charge in [0.25, 0.3) is 0 Å². The zero-order valence-corrected chi connectivity index (χ0v) is 13.1. The summed E-state index contributed by atoms with van der Waals surface area (Å²) >= 11 is 0. The largest absolute Gasteiger partial charge is 0.481 e. The van der Waals surface area contributed by atoms with Crippen LogP contribution < -0.4 is 0 Å². The summed E-state index contributed by atoms with van der Waals surface area (Å²) in [6, 6.07) is 0. The molecule has 0 aliphatic carbocycles. The number of tetrazole rings is 1. The molecule has 0 aliphatic rings. The fraction of sp³-hybridized carbons (Fsp3) is 0.857. The fourth-order valence-electron chi connectivity index (χ4n) is 2.60. The van der Waals surface area contributed by atoms with Crippen molar-refractivity contribution in [2.75, 3.05) is 0 Å². The number of carbonyl (C=O) groups is 1. The molecule has 0 bridgehead atoms. The number of carboxylic acids is 1. The fourth-order valence-corrected chi connectivity index (χ4v) is 2.60. The molecule has 0 aromatic carbocycles. The first-order chi connectivity index (χ1) is 9.17. The first-order valence-corrected chi connectivity index (χ1v) is 7.14. The molecule has 1 aromatic heterocycles. The standard InChI is InChI=1S/C14H26N4O2/c1-10(8-14(3,4)5)6-12-15-16-17-18(12)9-11(2)7-13(19)20/h10-11H,6-9H2,1-5H3,(H,19,20). The molecular weight excluding hydrogens is 256 g/mol. The van der Waals surface area contributed by atoms with Crippen molar-refractivity contribution < 1.29 is 9.90 Å². The molecule has 2 atom stereocenters. The van der Waals surface area contributed by atoms with E-state index in [1.165, 1.54) is 0 Å². The summed E-state index contributed by atoms with van der Waals surface area (Å²) in [6.45, 7) is 11.3. The van der Waals surface area contributed by atoms with Crippen LogP contribution in [0.15, 0.2) is 0 Å². The Morgan fingerprint density at radius 1 is 1.30 bits per heavy atom. The van der Waals surface area contributed by atoms with Crippen molar-refractivity contribution in [3.63, 3.8) is 0 Å². The van der Waals surface area contributed by atoms with Crippen LogP contribution in [0.4, 0.5) is 0 Å². The number of carboxylic acid groups (broad SMARTS) is 1. The minimum absolute atomic E-state index is 0.0210. The molecule has 1 heterocycles. The van der Waals surface area contributed by atoms with Crippen molar-refractivity contribution >= 4 is 5.97 Å². The predicted octanol–water partition coefficient (Wildman–Crippen LogP) is 2.40. The number of hydrogen-bond donors (Lipinski definition) is 1. The molecule has 6 nitrogen and oxygen atoms in total. The second-order valence-electron chi connectivity index (χ2n) is 7.05. The molecule has 0 fully saturated rings. The first-order valence-electron chi connectivity index (χ1n) is 7.14. The van der Waals surface area contributed by atoms with Crippen molar-refractivity contribution in [2.24, 2.45) is 17.3 Å². The maximum absolute atomic E-state index is 10.7. The van der Waals surface area contributed by atoms with Gasteiger partial charge in [-0.25, -0.2) is 4.68 Å². The Morgan fingerprint density at radius 3 is 2.50 bits per heavy atom. The summed E-state index contributed by atoms with van der Waals surface area (Å²) in [5, 5.41) is 20.6. The summed E-state index contributed by atoms with van der Waals surface area (Å²) in [4.78, 5) is 10.7. The molecule has 2 unspecified atom stereocenters. The van der Waals surface area contributed by atoms with Crippen LogP contribution in [-0.2, 0) is 17.8 Å². The normalized spacial score (nSPS) is 15.1. The van der Waals surface area contributed by atoms with Crippen LogP contribution in [0, 0.1) is 17.3 Å². The van der Waals surface area contributed by atoms with Crippen molar-refractivity contribution in [3.05, 3.63) is 5.82 Å². The van der Waals surface area contributed by atoms with E-state index in [2.05, 4.69) is 43.2 Å². The Kier molecular flexibility index (Phi) is 5.65. The highest BCUT2D eigenvalue weighted by molar-refractivity contribution is 5.66. The number of nitrogens with zero attached hydrogens (tertiary/aromatic N) is 4. The summed E-state index contributed by atoms with van der Waals surface area (Å²) in [7, 11) is 0. The number of aromatic nitrogens is 4. The second-order valence-corrected chi connectivity index (χ2v) is 7.05. The van der Waals surface area contributed by atoms with Crippen LogP contribution in [0.2, 0.25) is 0 Å². The van der Waals surface area contributed by atoms with Crippen LogP contribution in [0.3, 0.4) is 0 Å². The molecule has 20 heavy (non-hydrogen) atoms. The van der Waals surface area contributed by atoms with Gasteiger partial charge in [0.05, 0.1) is 0 Å². The summed E-state index contributed by atoms with van der Waals surface area (Å²) in [5.74, 6) is 0.578. The van der Waals surface area contributed by atoms with Gasteiger partial charge in [0.2, 0.25) is 0 Å². The van der Waals surface area contributed by atoms with Gasteiger partial charge in [-0.15, -0.1) is 5.10 Å². The van der Waals surface area contributed by atoms with Crippen molar-refractivity contribution in [1.29, 1.82) is 0 Å². The molecule has 0 spiro atoms. The van der Waals surface area contributed by atoms with Gasteiger partial charge in [-0.05, 0) is 34.1 Å². The lowest BCUT2D eigenvalue weighted by Gasteiger charge is -2.22. The van der Waals surface area contributed by atoms with Crippen LogP contribution in [0.25, 0.3) is 0 Å². The summed E-state index contributed by atoms with van der Waals surface area (Å²) in [5.41, 5.74) is 0.286. The van der Waals surface area contributed by atoms with Gasteiger partial charge >= 0.3 is 5.97 Å². The molecule has 1 N–H and O–H groups in total. The van der Waals surface area contributed by atoms with Crippen molar-refractivity contribution in [3.8, 4) is 0 Å². The van der Waals surface area contributed by atoms with Crippen LogP contribution in [-0.4, -0.2) is 31.3 Å². The van der Waals surface area contributed by atoms with Gasteiger partial charge in [0, 0.05) is 19.4 Å². The van der Waals surface area contributed by atoms with E-state index in [0.717, 1.165) is 18.7 Å². The molecule has 0 saturated carbocycles. The SMILES string of the molecule is CC(CC(=O)O)Cn1nnnc1CC(C)CC(C)(C)C. The zero-order chi connectivity index (χ0) is 15.3. The third-order valence-electron chi connectivity index (χ3n) is 3.11. The van der Waals surface area contributed by atoms with Crippen molar-refractivity contribution in [2.45, 2.75) is 60.4 Å². The van der Waals surface area contributed by atoms with E-state index < -0.39 is 5.97 Å². The molecule has 0 aliphatic heterocycles. The van der Waals surface area contributed by atoms with E-state index in [1.807, 2.05) is 6.92 Å². The molecule has 114 valence electrons. The van der Waals surface area contributed by atoms with E-state index in [4.69, 9.17) is 5.11 Å². The lowest BCUT2D eigenvalue weighted by molar-refractivity contribution is -0.138. The van der Waals surface area contributed by atoms with E-state index in [0.29, 0.717) is 12.5 Å². The Balaban J connectivity index is 2.60. The van der Waals surface area contributed by atoms with Gasteiger partial charge in [-0.3, -0.25) is 4.79 Å². The van der Waals surface area contributed by atoms with Crippen LogP contribution in [0.1, 0.15) is 53.3 Å². The Labute approximate surface area is 120 Å². The van der Waals surface area contributed by atoms with Gasteiger partial charge in [-0.2, -0.15) is 0 Å². The molecule has 1 aromatic rings. The van der Waals surface area contributed by atoms with Gasteiger partial charge in [0.1, 0.15) is 0 Å². The van der Waals surface area contributed by atoms with Crippen LogP contribution >= 0.6 is 0 Å². The highest BCUT2D eigenvalue weighted by atomic mass is 16.4. The smallest absolute Gasteiger partial charge is 0.303 e. The summed E-state index contributed by atoms with van der Waals surface area (Å²) in [6.07, 6.45) is 2.06. The first kappa shape index (κ1) is 16.6. The third-order valence-corrected chi connectivity index (χ3v) is 3.11. The van der Waals surface area contributed by atoms with E-state index >= 15 is 0 Å². The highest BCUT2D eigenvalue weighted by Gasteiger charge is 2.19. The third kappa shape index (κ3) is 6.12. The predicted molar refractivity (Wildman–Crippen MR) is 76.2 cm³/mol. The van der Waals surface area contributed by atoms with Gasteiger partial charge < -0.3 is 5.11 Å². The molecular formula is C14H26N4O2. The number of rotatable bonds is 7. The van der Waals surface area contributed by atoms with Crippen molar-refractivity contribution in [1.82, 2.24) is 20.2 Å². The lowest BCUT2D eigenvalue weighted by atomic mass is 9.84. The Morgan fingerprint density at radius 2 is 1.95 bits per heavy atom. The molecule has 0 radical (unpaired) electrons. The summed E-state index contributed by atoms with van der Waals surface area (Å²) < 4.78 is 1.74. The van der Waals surface area contributed by atoms with Gasteiger partial charge in [-0.1, -0.05) is 34.6 Å². The quantitative estimate of drug-likeness (QED) is 0.830. The lowest BCUT2D eigenvalue weighted by Crippen LogP contribution is -2.18. The molecule has 6 heteroatoms. The maximum Gasteiger partial charge on any atom is 0.303 e. The van der Waals surface area contributed by atoms with Gasteiger partial charge in [0.15, 0.2) is 5.82 Å². The molecule has 1 rings (SSSR count). The minimum Gasteiger partial charge on any atom is -0.481 e. The Bertz CT molecular complexity index is 437. The minimum atomic E-state index is -0.784.